The summed E-state index contributed by atoms with van der Waals surface area (Å²) in [5.41, 5.74) is 0. The lowest BCUT2D eigenvalue weighted by atomic mass is 10.3. The third kappa shape index (κ3) is 4.02. The monoisotopic (exact) mass is 203 g/mol. The van der Waals surface area contributed by atoms with E-state index in [2.05, 4.69) is 28.8 Å². The third-order valence-electron chi connectivity index (χ3n) is 1.79. The highest BCUT2D eigenvalue weighted by Crippen LogP contribution is 2.01. The van der Waals surface area contributed by atoms with Gasteiger partial charge in [0, 0.05) is 0 Å². The van der Waals surface area contributed by atoms with Crippen LogP contribution in [-0.2, 0) is 0 Å². The van der Waals surface area contributed by atoms with Gasteiger partial charge in [-0.1, -0.05) is 26.0 Å². The van der Waals surface area contributed by atoms with Crippen molar-refractivity contribution in [3.8, 4) is 0 Å². The average Bonchev–Trinajstić information content (AvgIpc) is 2.23. The van der Waals surface area contributed by atoms with Crippen molar-refractivity contribution in [3.63, 3.8) is 0 Å². The molecule has 0 spiro atoms. The van der Waals surface area contributed by atoms with Gasteiger partial charge in [-0.3, -0.25) is 0 Å². The van der Waals surface area contributed by atoms with Gasteiger partial charge in [-0.05, 0) is 31.9 Å². The first-order valence-electron chi connectivity index (χ1n) is 5.32. The summed E-state index contributed by atoms with van der Waals surface area (Å²) in [4.78, 5) is 12.8. The van der Waals surface area contributed by atoms with Crippen molar-refractivity contribution in [2.45, 2.75) is 33.6 Å². The summed E-state index contributed by atoms with van der Waals surface area (Å²) < 4.78 is 0. The molecule has 0 unspecified atom stereocenters. The molecule has 15 heavy (non-hydrogen) atoms. The molecule has 0 bridgehead atoms. The molecule has 0 saturated heterocycles. The van der Waals surface area contributed by atoms with E-state index in [4.69, 9.17) is 0 Å². The Hall–Kier alpha value is -1.51. The van der Waals surface area contributed by atoms with Crippen molar-refractivity contribution in [2.75, 3.05) is 0 Å². The Morgan fingerprint density at radius 2 is 1.33 bits per heavy atom. The van der Waals surface area contributed by atoms with Crippen LogP contribution in [0.4, 0.5) is 0 Å². The fourth-order valence-corrected chi connectivity index (χ4v) is 1.12. The maximum absolute atomic E-state index is 4.31. The smallest absolute Gasteiger partial charge is 0.156 e. The zero-order chi connectivity index (χ0) is 11.1. The zero-order valence-electron chi connectivity index (χ0n) is 9.57. The highest BCUT2D eigenvalue weighted by atomic mass is 15.0. The molecule has 0 amide bonds. The van der Waals surface area contributed by atoms with Gasteiger partial charge in [0.15, 0.2) is 11.6 Å². The van der Waals surface area contributed by atoms with Gasteiger partial charge in [0.05, 0.1) is 0 Å². The minimum atomic E-state index is 0.736. The minimum Gasteiger partial charge on any atom is -0.214 e. The lowest BCUT2D eigenvalue weighted by Gasteiger charge is -1.97. The maximum Gasteiger partial charge on any atom is 0.156 e. The number of allylic oxidation sites excluding steroid dienone is 2. The van der Waals surface area contributed by atoms with Crippen molar-refractivity contribution in [3.05, 3.63) is 29.6 Å². The van der Waals surface area contributed by atoms with E-state index >= 15 is 0 Å². The minimum absolute atomic E-state index is 0.736. The second-order valence-electron chi connectivity index (χ2n) is 3.22. The van der Waals surface area contributed by atoms with Crippen LogP contribution in [0.1, 0.15) is 44.2 Å². The average molecular weight is 203 g/mol. The number of nitrogens with zero attached hydrogens (tertiary/aromatic N) is 3. The van der Waals surface area contributed by atoms with Crippen molar-refractivity contribution in [1.29, 1.82) is 0 Å². The molecule has 3 heteroatoms. The van der Waals surface area contributed by atoms with E-state index in [1.807, 2.05) is 31.2 Å². The quantitative estimate of drug-likeness (QED) is 0.755. The molecule has 80 valence electrons. The van der Waals surface area contributed by atoms with E-state index in [0.29, 0.717) is 0 Å². The standard InChI is InChI=1S/C12H17N3/c1-4-6-8-11-13-10(3)14-12(15-11)9-7-5-2/h6-9H,4-5H2,1-3H3/b8-6-,9-7+. The normalized spacial score (nSPS) is 11.7. The molecule has 1 heterocycles. The molecule has 0 aliphatic heterocycles. The Labute approximate surface area is 91.0 Å². The van der Waals surface area contributed by atoms with E-state index in [0.717, 1.165) is 30.3 Å². The molecule has 0 aromatic carbocycles. The van der Waals surface area contributed by atoms with Gasteiger partial charge < -0.3 is 0 Å². The summed E-state index contributed by atoms with van der Waals surface area (Å²) in [7, 11) is 0. The van der Waals surface area contributed by atoms with Crippen molar-refractivity contribution in [2.24, 2.45) is 0 Å². The molecule has 0 N–H and O–H groups in total. The number of aromatic nitrogens is 3. The van der Waals surface area contributed by atoms with E-state index < -0.39 is 0 Å². The summed E-state index contributed by atoms with van der Waals surface area (Å²) >= 11 is 0. The Bertz CT molecular complexity index is 335. The Balaban J connectivity index is 2.94. The van der Waals surface area contributed by atoms with Crippen molar-refractivity contribution < 1.29 is 0 Å². The van der Waals surface area contributed by atoms with Crippen LogP contribution in [0.15, 0.2) is 12.2 Å². The molecule has 3 nitrogen and oxygen atoms in total. The predicted molar refractivity (Wildman–Crippen MR) is 63.2 cm³/mol. The lowest BCUT2D eigenvalue weighted by molar-refractivity contribution is 0.942. The van der Waals surface area contributed by atoms with Crippen LogP contribution in [0.5, 0.6) is 0 Å². The summed E-state index contributed by atoms with van der Waals surface area (Å²) in [5, 5.41) is 0. The first-order valence-corrected chi connectivity index (χ1v) is 5.32. The van der Waals surface area contributed by atoms with Gasteiger partial charge >= 0.3 is 0 Å². The Morgan fingerprint density at radius 3 is 1.73 bits per heavy atom. The van der Waals surface area contributed by atoms with E-state index in [9.17, 15) is 0 Å². The molecule has 1 rings (SSSR count). The lowest BCUT2D eigenvalue weighted by Crippen LogP contribution is -1.98. The fraction of sp³-hybridized carbons (Fsp3) is 0.417. The van der Waals surface area contributed by atoms with Crippen LogP contribution >= 0.6 is 0 Å². The number of hydrogen-bond acceptors (Lipinski definition) is 3. The van der Waals surface area contributed by atoms with E-state index in [1.165, 1.54) is 0 Å². The first kappa shape index (κ1) is 11.6. The van der Waals surface area contributed by atoms with Crippen molar-refractivity contribution in [1.82, 2.24) is 15.0 Å². The van der Waals surface area contributed by atoms with E-state index in [1.54, 1.807) is 0 Å². The van der Waals surface area contributed by atoms with Crippen LogP contribution in [0.3, 0.4) is 0 Å². The molecule has 1 aromatic rings. The summed E-state index contributed by atoms with van der Waals surface area (Å²) in [5.74, 6) is 2.23. The third-order valence-corrected chi connectivity index (χ3v) is 1.79. The van der Waals surface area contributed by atoms with Gasteiger partial charge in [0.25, 0.3) is 0 Å². The zero-order valence-corrected chi connectivity index (χ0v) is 9.57. The second kappa shape index (κ2) is 6.06. The molecule has 0 radical (unpaired) electrons. The van der Waals surface area contributed by atoms with Gasteiger partial charge in [0.1, 0.15) is 5.82 Å². The van der Waals surface area contributed by atoms with Crippen LogP contribution in [0.25, 0.3) is 12.2 Å². The van der Waals surface area contributed by atoms with Gasteiger partial charge in [0.2, 0.25) is 0 Å². The Morgan fingerprint density at radius 1 is 0.867 bits per heavy atom. The molecular weight excluding hydrogens is 186 g/mol. The molecule has 0 fully saturated rings. The van der Waals surface area contributed by atoms with Gasteiger partial charge in [-0.25, -0.2) is 15.0 Å². The summed E-state index contributed by atoms with van der Waals surface area (Å²) in [6, 6.07) is 0. The largest absolute Gasteiger partial charge is 0.214 e. The summed E-state index contributed by atoms with van der Waals surface area (Å²) in [6.45, 7) is 6.05. The second-order valence-corrected chi connectivity index (χ2v) is 3.22. The Kier molecular flexibility index (Phi) is 4.68. The number of hydrogen-bond donors (Lipinski definition) is 0. The number of rotatable bonds is 4. The molecule has 0 aliphatic carbocycles. The number of aryl methyl sites for hydroxylation is 1. The molecule has 1 aromatic heterocycles. The highest BCUT2D eigenvalue weighted by molar-refractivity contribution is 5.44. The van der Waals surface area contributed by atoms with Crippen LogP contribution in [0, 0.1) is 6.92 Å². The summed E-state index contributed by atoms with van der Waals surface area (Å²) in [6.07, 6.45) is 9.93. The van der Waals surface area contributed by atoms with Crippen LogP contribution in [0.2, 0.25) is 0 Å². The molecule has 0 aliphatic rings. The van der Waals surface area contributed by atoms with Crippen LogP contribution in [-0.4, -0.2) is 15.0 Å². The topological polar surface area (TPSA) is 38.7 Å². The van der Waals surface area contributed by atoms with Gasteiger partial charge in [-0.2, -0.15) is 0 Å². The SMILES string of the molecule is CC/C=C\c1nc(C)nc(/C=C/CC)n1. The predicted octanol–water partition coefficient (Wildman–Crippen LogP) is 3.03. The first-order chi connectivity index (χ1) is 7.26. The molecule has 0 saturated carbocycles. The van der Waals surface area contributed by atoms with Gasteiger partial charge in [-0.15, -0.1) is 0 Å². The maximum atomic E-state index is 4.31. The highest BCUT2D eigenvalue weighted by Gasteiger charge is 1.97. The fourth-order valence-electron chi connectivity index (χ4n) is 1.12. The van der Waals surface area contributed by atoms with Crippen molar-refractivity contribution >= 4 is 12.2 Å². The van der Waals surface area contributed by atoms with E-state index in [-0.39, 0.29) is 0 Å². The molecular formula is C12H17N3. The molecule has 0 atom stereocenters. The van der Waals surface area contributed by atoms with Crippen LogP contribution < -0.4 is 0 Å².